The number of rotatable bonds is 2. The second-order valence-electron chi connectivity index (χ2n) is 3.19. The Morgan fingerprint density at radius 1 is 1.57 bits per heavy atom. The van der Waals surface area contributed by atoms with Crippen LogP contribution in [0.25, 0.3) is 0 Å². The summed E-state index contributed by atoms with van der Waals surface area (Å²) < 4.78 is 23.2. The third-order valence-electron chi connectivity index (χ3n) is 1.99. The van der Waals surface area contributed by atoms with Crippen molar-refractivity contribution in [3.63, 3.8) is 0 Å². The molecule has 14 heavy (non-hydrogen) atoms. The lowest BCUT2D eigenvalue weighted by atomic mass is 10.3. The summed E-state index contributed by atoms with van der Waals surface area (Å²) in [6.07, 6.45) is -0.0725. The van der Waals surface area contributed by atoms with Gasteiger partial charge in [-0.1, -0.05) is 0 Å². The molecule has 1 aromatic heterocycles. The molecule has 0 bridgehead atoms. The molecule has 0 amide bonds. The maximum Gasteiger partial charge on any atom is 0.317 e. The minimum atomic E-state index is -1.08. The molecule has 2 rings (SSSR count). The molecule has 0 spiro atoms. The number of alkyl halides is 1. The Morgan fingerprint density at radius 2 is 2.43 bits per heavy atom. The van der Waals surface area contributed by atoms with Crippen molar-refractivity contribution in [2.75, 3.05) is 13.2 Å². The van der Waals surface area contributed by atoms with E-state index in [0.717, 1.165) is 5.69 Å². The van der Waals surface area contributed by atoms with Crippen molar-refractivity contribution in [3.8, 4) is 6.01 Å². The molecule has 2 heterocycles. The minimum Gasteiger partial charge on any atom is -0.454 e. The van der Waals surface area contributed by atoms with Crippen molar-refractivity contribution in [1.29, 1.82) is 0 Å². The van der Waals surface area contributed by atoms with Gasteiger partial charge in [-0.3, -0.25) is 0 Å². The molecule has 0 radical (unpaired) electrons. The average Bonchev–Trinajstić information content (AvgIpc) is 2.52. The van der Waals surface area contributed by atoms with Crippen LogP contribution >= 0.6 is 0 Å². The topological polar surface area (TPSA) is 44.2 Å². The van der Waals surface area contributed by atoms with Crippen LogP contribution in [0.2, 0.25) is 0 Å². The molecular formula is C9H11FN2O2. The number of nitrogens with zero attached hydrogens (tertiary/aromatic N) is 2. The van der Waals surface area contributed by atoms with Gasteiger partial charge in [-0.15, -0.1) is 0 Å². The van der Waals surface area contributed by atoms with Gasteiger partial charge in [0.15, 0.2) is 12.3 Å². The van der Waals surface area contributed by atoms with Crippen LogP contribution in [0.5, 0.6) is 6.01 Å². The van der Waals surface area contributed by atoms with Crippen molar-refractivity contribution < 1.29 is 13.9 Å². The lowest BCUT2D eigenvalue weighted by molar-refractivity contribution is 0.118. The molecule has 1 saturated heterocycles. The zero-order valence-electron chi connectivity index (χ0n) is 7.81. The number of halogens is 1. The van der Waals surface area contributed by atoms with Crippen LogP contribution in [0.3, 0.4) is 0 Å². The van der Waals surface area contributed by atoms with E-state index in [1.807, 2.05) is 6.92 Å². The summed E-state index contributed by atoms with van der Waals surface area (Å²) in [4.78, 5) is 7.90. The van der Waals surface area contributed by atoms with Crippen molar-refractivity contribution in [3.05, 3.63) is 18.0 Å². The highest BCUT2D eigenvalue weighted by Crippen LogP contribution is 2.15. The second kappa shape index (κ2) is 3.88. The highest BCUT2D eigenvalue weighted by Gasteiger charge is 2.30. The Hall–Kier alpha value is -1.23. The van der Waals surface area contributed by atoms with E-state index in [1.54, 1.807) is 12.3 Å². The van der Waals surface area contributed by atoms with Gasteiger partial charge in [0.05, 0.1) is 13.2 Å². The van der Waals surface area contributed by atoms with E-state index in [0.29, 0.717) is 0 Å². The fraction of sp³-hybridized carbons (Fsp3) is 0.556. The molecule has 76 valence electrons. The van der Waals surface area contributed by atoms with Crippen LogP contribution in [0.4, 0.5) is 4.39 Å². The van der Waals surface area contributed by atoms with Crippen molar-refractivity contribution in [2.45, 2.75) is 19.2 Å². The highest BCUT2D eigenvalue weighted by molar-refractivity contribution is 5.04. The Morgan fingerprint density at radius 3 is 3.07 bits per heavy atom. The smallest absolute Gasteiger partial charge is 0.317 e. The lowest BCUT2D eigenvalue weighted by Gasteiger charge is -2.11. The zero-order valence-corrected chi connectivity index (χ0v) is 7.81. The summed E-state index contributed by atoms with van der Waals surface area (Å²) in [5, 5.41) is 0. The minimum absolute atomic E-state index is 0.0937. The molecule has 1 fully saturated rings. The van der Waals surface area contributed by atoms with Crippen molar-refractivity contribution >= 4 is 0 Å². The van der Waals surface area contributed by atoms with E-state index in [-0.39, 0.29) is 19.2 Å². The van der Waals surface area contributed by atoms with Gasteiger partial charge in [-0.05, 0) is 13.0 Å². The molecule has 4 nitrogen and oxygen atoms in total. The zero-order chi connectivity index (χ0) is 9.97. The first-order valence-electron chi connectivity index (χ1n) is 4.44. The van der Waals surface area contributed by atoms with Crippen LogP contribution in [0, 0.1) is 6.92 Å². The van der Waals surface area contributed by atoms with Crippen LogP contribution in [-0.2, 0) is 4.74 Å². The summed E-state index contributed by atoms with van der Waals surface area (Å²) in [5.74, 6) is 0. The summed E-state index contributed by atoms with van der Waals surface area (Å²) in [6, 6.07) is 1.97. The Balaban J connectivity index is 2.03. The van der Waals surface area contributed by atoms with Crippen molar-refractivity contribution in [2.24, 2.45) is 0 Å². The number of hydrogen-bond donors (Lipinski definition) is 0. The molecular weight excluding hydrogens is 187 g/mol. The molecule has 5 heteroatoms. The maximum atomic E-state index is 13.1. The number of hydrogen-bond acceptors (Lipinski definition) is 4. The van der Waals surface area contributed by atoms with Gasteiger partial charge in [-0.25, -0.2) is 14.4 Å². The second-order valence-corrected chi connectivity index (χ2v) is 3.19. The summed E-state index contributed by atoms with van der Waals surface area (Å²) in [6.45, 7) is 2.18. The molecule has 0 aromatic carbocycles. The molecule has 1 aliphatic rings. The van der Waals surface area contributed by atoms with E-state index >= 15 is 0 Å². The number of aryl methyl sites for hydroxylation is 1. The standard InChI is InChI=1S/C9H11FN2O2/c1-6-2-3-11-9(12-6)14-8-5-13-4-7(8)10/h2-3,7-8H,4-5H2,1H3/t7-,8-/m1/s1. The quantitative estimate of drug-likeness (QED) is 0.708. The monoisotopic (exact) mass is 198 g/mol. The first-order valence-corrected chi connectivity index (χ1v) is 4.44. The van der Waals surface area contributed by atoms with Crippen LogP contribution < -0.4 is 4.74 Å². The van der Waals surface area contributed by atoms with E-state index in [1.165, 1.54) is 0 Å². The first-order chi connectivity index (χ1) is 6.75. The normalized spacial score (nSPS) is 26.4. The third-order valence-corrected chi connectivity index (χ3v) is 1.99. The fourth-order valence-corrected chi connectivity index (χ4v) is 1.23. The lowest BCUT2D eigenvalue weighted by Crippen LogP contribution is -2.27. The average molecular weight is 198 g/mol. The van der Waals surface area contributed by atoms with Gasteiger partial charge < -0.3 is 9.47 Å². The van der Waals surface area contributed by atoms with Gasteiger partial charge in [0.1, 0.15) is 0 Å². The van der Waals surface area contributed by atoms with Gasteiger partial charge >= 0.3 is 6.01 Å². The van der Waals surface area contributed by atoms with E-state index in [4.69, 9.17) is 9.47 Å². The van der Waals surface area contributed by atoms with Gasteiger partial charge in [-0.2, -0.15) is 0 Å². The maximum absolute atomic E-state index is 13.1. The Kier molecular flexibility index (Phi) is 2.58. The van der Waals surface area contributed by atoms with Crippen molar-refractivity contribution in [1.82, 2.24) is 9.97 Å². The Bertz CT molecular complexity index is 321. The molecule has 2 atom stereocenters. The van der Waals surface area contributed by atoms with Crippen LogP contribution in [0.15, 0.2) is 12.3 Å². The summed E-state index contributed by atoms with van der Waals surface area (Å²) in [5.41, 5.74) is 0.796. The SMILES string of the molecule is Cc1ccnc(O[C@@H]2COC[C@H]2F)n1. The number of ether oxygens (including phenoxy) is 2. The molecule has 0 N–H and O–H groups in total. The van der Waals surface area contributed by atoms with E-state index in [9.17, 15) is 4.39 Å². The molecule has 1 aliphatic heterocycles. The Labute approximate surface area is 81.1 Å². The molecule has 0 aliphatic carbocycles. The largest absolute Gasteiger partial charge is 0.454 e. The highest BCUT2D eigenvalue weighted by atomic mass is 19.1. The van der Waals surface area contributed by atoms with Crippen LogP contribution in [-0.4, -0.2) is 35.5 Å². The third kappa shape index (κ3) is 1.98. The fourth-order valence-electron chi connectivity index (χ4n) is 1.23. The van der Waals surface area contributed by atoms with E-state index < -0.39 is 12.3 Å². The summed E-state index contributed by atoms with van der Waals surface area (Å²) in [7, 11) is 0. The predicted molar refractivity (Wildman–Crippen MR) is 46.9 cm³/mol. The van der Waals surface area contributed by atoms with Gasteiger partial charge in [0.2, 0.25) is 0 Å². The summed E-state index contributed by atoms with van der Waals surface area (Å²) >= 11 is 0. The first kappa shape index (κ1) is 9.33. The molecule has 1 aromatic rings. The number of aromatic nitrogens is 2. The van der Waals surface area contributed by atoms with E-state index in [2.05, 4.69) is 9.97 Å². The molecule has 0 unspecified atom stereocenters. The van der Waals surface area contributed by atoms with Gasteiger partial charge in [0, 0.05) is 11.9 Å². The molecule has 0 saturated carbocycles. The van der Waals surface area contributed by atoms with Gasteiger partial charge in [0.25, 0.3) is 0 Å². The van der Waals surface area contributed by atoms with Crippen LogP contribution in [0.1, 0.15) is 5.69 Å². The predicted octanol–water partition coefficient (Wildman–Crippen LogP) is 0.901.